The van der Waals surface area contributed by atoms with Crippen LogP contribution < -0.4 is 10.1 Å². The summed E-state index contributed by atoms with van der Waals surface area (Å²) in [4.78, 5) is 0. The van der Waals surface area contributed by atoms with Gasteiger partial charge in [0, 0.05) is 23.2 Å². The van der Waals surface area contributed by atoms with E-state index < -0.39 is 0 Å². The number of anilines is 1. The maximum Gasteiger partial charge on any atom is 0.124 e. The van der Waals surface area contributed by atoms with Crippen molar-refractivity contribution in [3.05, 3.63) is 23.8 Å². The van der Waals surface area contributed by atoms with Gasteiger partial charge in [0.2, 0.25) is 0 Å². The van der Waals surface area contributed by atoms with Crippen molar-refractivity contribution in [1.82, 2.24) is 0 Å². The Kier molecular flexibility index (Phi) is 3.90. The molecule has 116 valence electrons. The van der Waals surface area contributed by atoms with E-state index in [2.05, 4.69) is 44.3 Å². The van der Waals surface area contributed by atoms with Crippen LogP contribution in [0.4, 0.5) is 5.69 Å². The van der Waals surface area contributed by atoms with Crippen LogP contribution in [0, 0.1) is 10.8 Å². The van der Waals surface area contributed by atoms with E-state index in [0.29, 0.717) is 10.8 Å². The first-order chi connectivity index (χ1) is 9.98. The van der Waals surface area contributed by atoms with Crippen molar-refractivity contribution in [2.45, 2.75) is 59.3 Å². The summed E-state index contributed by atoms with van der Waals surface area (Å²) in [6.07, 6.45) is 7.60. The minimum atomic E-state index is 0.326. The van der Waals surface area contributed by atoms with Gasteiger partial charge in [0.05, 0.1) is 6.61 Å². The second-order valence-electron chi connectivity index (χ2n) is 8.11. The molecule has 1 saturated carbocycles. The molecule has 2 aliphatic rings. The molecule has 1 fully saturated rings. The van der Waals surface area contributed by atoms with E-state index in [9.17, 15) is 0 Å². The Labute approximate surface area is 129 Å². The summed E-state index contributed by atoms with van der Waals surface area (Å²) in [5, 5.41) is 3.48. The highest BCUT2D eigenvalue weighted by Crippen LogP contribution is 2.46. The highest BCUT2D eigenvalue weighted by Gasteiger charge is 2.37. The standard InChI is InChI=1S/C19H29NO/c1-18(2)10-6-11-19(3,13-18)14-21-17-9-4-8-16-15(17)7-5-12-20-16/h4,8-9,20H,5-7,10-14H2,1-3H3. The molecule has 0 radical (unpaired) electrons. The number of fused-ring (bicyclic) bond motifs is 1. The zero-order valence-electron chi connectivity index (χ0n) is 13.8. The van der Waals surface area contributed by atoms with Crippen LogP contribution in [0.2, 0.25) is 0 Å². The summed E-state index contributed by atoms with van der Waals surface area (Å²) in [5.74, 6) is 1.10. The summed E-state index contributed by atoms with van der Waals surface area (Å²) >= 11 is 0. The second kappa shape index (κ2) is 5.55. The Morgan fingerprint density at radius 2 is 2.00 bits per heavy atom. The van der Waals surface area contributed by atoms with Crippen molar-refractivity contribution in [3.8, 4) is 5.75 Å². The first kappa shape index (κ1) is 14.7. The minimum Gasteiger partial charge on any atom is -0.493 e. The van der Waals surface area contributed by atoms with Crippen LogP contribution in [0.1, 0.15) is 58.4 Å². The van der Waals surface area contributed by atoms with E-state index in [1.165, 1.54) is 43.4 Å². The third-order valence-electron chi connectivity index (χ3n) is 5.17. The van der Waals surface area contributed by atoms with Gasteiger partial charge in [-0.05, 0) is 49.7 Å². The molecule has 1 atom stereocenters. The molecule has 1 aromatic carbocycles. The van der Waals surface area contributed by atoms with Gasteiger partial charge in [-0.3, -0.25) is 0 Å². The number of ether oxygens (including phenoxy) is 1. The SMILES string of the molecule is CC1(C)CCCC(C)(COc2cccc3c2CCCN3)C1. The lowest BCUT2D eigenvalue weighted by Crippen LogP contribution is -2.35. The summed E-state index contributed by atoms with van der Waals surface area (Å²) < 4.78 is 6.30. The molecule has 0 saturated heterocycles. The van der Waals surface area contributed by atoms with Gasteiger partial charge < -0.3 is 10.1 Å². The average molecular weight is 287 g/mol. The minimum absolute atomic E-state index is 0.326. The zero-order chi connectivity index (χ0) is 14.9. The van der Waals surface area contributed by atoms with Crippen molar-refractivity contribution in [3.63, 3.8) is 0 Å². The van der Waals surface area contributed by atoms with E-state index in [-0.39, 0.29) is 0 Å². The number of hydrogen-bond acceptors (Lipinski definition) is 2. The molecule has 0 aromatic heterocycles. The lowest BCUT2D eigenvalue weighted by Gasteiger charge is -2.42. The maximum absolute atomic E-state index is 6.30. The van der Waals surface area contributed by atoms with Crippen LogP contribution in [-0.4, -0.2) is 13.2 Å². The van der Waals surface area contributed by atoms with Crippen molar-refractivity contribution in [2.75, 3.05) is 18.5 Å². The van der Waals surface area contributed by atoms with E-state index in [1.54, 1.807) is 0 Å². The Morgan fingerprint density at radius 3 is 2.81 bits per heavy atom. The molecule has 2 nitrogen and oxygen atoms in total. The van der Waals surface area contributed by atoms with Gasteiger partial charge in [-0.1, -0.05) is 33.3 Å². The summed E-state index contributed by atoms with van der Waals surface area (Å²) in [7, 11) is 0. The average Bonchev–Trinajstić information content (AvgIpc) is 2.44. The summed E-state index contributed by atoms with van der Waals surface area (Å²) in [6.45, 7) is 9.15. The molecule has 1 aliphatic carbocycles. The smallest absolute Gasteiger partial charge is 0.124 e. The molecule has 1 heterocycles. The molecular formula is C19H29NO. The van der Waals surface area contributed by atoms with Gasteiger partial charge in [-0.15, -0.1) is 0 Å². The molecule has 1 aromatic rings. The molecule has 3 rings (SSSR count). The third-order valence-corrected chi connectivity index (χ3v) is 5.17. The lowest BCUT2D eigenvalue weighted by molar-refractivity contribution is 0.0501. The normalized spacial score (nSPS) is 27.6. The molecule has 21 heavy (non-hydrogen) atoms. The second-order valence-corrected chi connectivity index (χ2v) is 8.11. The predicted octanol–water partition coefficient (Wildman–Crippen LogP) is 5.03. The first-order valence-electron chi connectivity index (χ1n) is 8.46. The van der Waals surface area contributed by atoms with Crippen LogP contribution in [-0.2, 0) is 6.42 Å². The largest absolute Gasteiger partial charge is 0.493 e. The summed E-state index contributed by atoms with van der Waals surface area (Å²) in [6, 6.07) is 6.43. The van der Waals surface area contributed by atoms with Crippen LogP contribution in [0.5, 0.6) is 5.75 Å². The Morgan fingerprint density at radius 1 is 1.14 bits per heavy atom. The lowest BCUT2D eigenvalue weighted by atomic mass is 9.65. The summed E-state index contributed by atoms with van der Waals surface area (Å²) in [5.41, 5.74) is 3.44. The van der Waals surface area contributed by atoms with E-state index in [1.807, 2.05) is 0 Å². The van der Waals surface area contributed by atoms with Crippen LogP contribution >= 0.6 is 0 Å². The number of nitrogens with one attached hydrogen (secondary N) is 1. The molecule has 1 unspecified atom stereocenters. The number of hydrogen-bond donors (Lipinski definition) is 1. The van der Waals surface area contributed by atoms with Gasteiger partial charge in [0.15, 0.2) is 0 Å². The fourth-order valence-electron chi connectivity index (χ4n) is 4.31. The first-order valence-corrected chi connectivity index (χ1v) is 8.46. The Hall–Kier alpha value is -1.18. The molecule has 1 N–H and O–H groups in total. The van der Waals surface area contributed by atoms with Crippen molar-refractivity contribution < 1.29 is 4.74 Å². The third kappa shape index (κ3) is 3.36. The quantitative estimate of drug-likeness (QED) is 0.842. The van der Waals surface area contributed by atoms with Crippen LogP contribution in [0.3, 0.4) is 0 Å². The fourth-order valence-corrected chi connectivity index (χ4v) is 4.31. The topological polar surface area (TPSA) is 21.3 Å². The predicted molar refractivity (Wildman–Crippen MR) is 89.1 cm³/mol. The van der Waals surface area contributed by atoms with E-state index in [0.717, 1.165) is 25.3 Å². The van der Waals surface area contributed by atoms with Crippen molar-refractivity contribution in [2.24, 2.45) is 10.8 Å². The van der Waals surface area contributed by atoms with Gasteiger partial charge in [-0.2, -0.15) is 0 Å². The molecule has 2 heteroatoms. The molecule has 0 bridgehead atoms. The van der Waals surface area contributed by atoms with Crippen LogP contribution in [0.25, 0.3) is 0 Å². The van der Waals surface area contributed by atoms with Crippen LogP contribution in [0.15, 0.2) is 18.2 Å². The Balaban J connectivity index is 1.70. The molecule has 1 aliphatic heterocycles. The Bertz CT molecular complexity index is 508. The van der Waals surface area contributed by atoms with Gasteiger partial charge in [0.1, 0.15) is 5.75 Å². The number of benzene rings is 1. The zero-order valence-corrected chi connectivity index (χ0v) is 13.8. The number of rotatable bonds is 3. The van der Waals surface area contributed by atoms with Gasteiger partial charge in [-0.25, -0.2) is 0 Å². The molecule has 0 amide bonds. The van der Waals surface area contributed by atoms with Crippen molar-refractivity contribution in [1.29, 1.82) is 0 Å². The fraction of sp³-hybridized carbons (Fsp3) is 0.684. The maximum atomic E-state index is 6.30. The van der Waals surface area contributed by atoms with E-state index in [4.69, 9.17) is 4.74 Å². The van der Waals surface area contributed by atoms with Gasteiger partial charge in [0.25, 0.3) is 0 Å². The molecular weight excluding hydrogens is 258 g/mol. The van der Waals surface area contributed by atoms with E-state index >= 15 is 0 Å². The van der Waals surface area contributed by atoms with Crippen molar-refractivity contribution >= 4 is 5.69 Å². The van der Waals surface area contributed by atoms with Gasteiger partial charge >= 0.3 is 0 Å². The highest BCUT2D eigenvalue weighted by atomic mass is 16.5. The monoisotopic (exact) mass is 287 g/mol. The highest BCUT2D eigenvalue weighted by molar-refractivity contribution is 5.59. The molecule has 0 spiro atoms.